The Morgan fingerprint density at radius 2 is 1.75 bits per heavy atom. The fourth-order valence-electron chi connectivity index (χ4n) is 3.13. The van der Waals surface area contributed by atoms with Gasteiger partial charge in [-0.25, -0.2) is 4.79 Å². The van der Waals surface area contributed by atoms with Crippen LogP contribution in [0.3, 0.4) is 0 Å². The number of amides is 2. The first-order valence-corrected chi connectivity index (χ1v) is 7.30. The van der Waals surface area contributed by atoms with Crippen LogP contribution in [0.25, 0.3) is 0 Å². The number of piperidine rings is 1. The van der Waals surface area contributed by atoms with Crippen molar-refractivity contribution in [1.29, 1.82) is 0 Å². The summed E-state index contributed by atoms with van der Waals surface area (Å²) in [5, 5.41) is 2.61. The summed E-state index contributed by atoms with van der Waals surface area (Å²) in [4.78, 5) is 25.8. The van der Waals surface area contributed by atoms with Crippen LogP contribution in [-0.4, -0.2) is 41.6 Å². The van der Waals surface area contributed by atoms with Crippen molar-refractivity contribution in [3.63, 3.8) is 0 Å². The van der Waals surface area contributed by atoms with Crippen LogP contribution in [0.2, 0.25) is 0 Å². The molecule has 2 aliphatic rings. The lowest BCUT2D eigenvalue weighted by atomic mass is 10.1. The first kappa shape index (κ1) is 15.1. The van der Waals surface area contributed by atoms with Crippen LogP contribution >= 0.6 is 0 Å². The Labute approximate surface area is 121 Å². The van der Waals surface area contributed by atoms with Gasteiger partial charge in [0, 0.05) is 13.1 Å². The molecule has 1 saturated carbocycles. The van der Waals surface area contributed by atoms with E-state index in [0.29, 0.717) is 17.3 Å². The minimum absolute atomic E-state index is 0.0149. The zero-order valence-corrected chi connectivity index (χ0v) is 13.3. The maximum absolute atomic E-state index is 12.3. The van der Waals surface area contributed by atoms with Crippen molar-refractivity contribution >= 4 is 12.0 Å². The third-order valence-corrected chi connectivity index (χ3v) is 4.54. The van der Waals surface area contributed by atoms with E-state index in [1.165, 1.54) is 0 Å². The van der Waals surface area contributed by atoms with E-state index < -0.39 is 17.7 Å². The number of nitrogens with zero attached hydrogens (tertiary/aromatic N) is 1. The summed E-state index contributed by atoms with van der Waals surface area (Å²) in [7, 11) is 0. The molecule has 0 aromatic rings. The van der Waals surface area contributed by atoms with E-state index in [0.717, 1.165) is 13.1 Å². The van der Waals surface area contributed by atoms with E-state index in [4.69, 9.17) is 4.74 Å². The highest BCUT2D eigenvalue weighted by atomic mass is 16.6. The summed E-state index contributed by atoms with van der Waals surface area (Å²) in [6.07, 6.45) is -0.539. The molecule has 2 unspecified atom stereocenters. The Hall–Kier alpha value is -1.26. The standard InChI is InChI=1S/C15H26N2O3/c1-9(16-13(19)20-14(2,3)4)12(18)17-7-10-11(8-17)15(10,5)6/h9-11H,7-8H2,1-6H3,(H,16,19)/t9-,10?,11?/m1/s1. The Balaban J connectivity index is 1.81. The molecule has 2 rings (SSSR count). The summed E-state index contributed by atoms with van der Waals surface area (Å²) < 4.78 is 5.16. The van der Waals surface area contributed by atoms with Gasteiger partial charge in [0.05, 0.1) is 0 Å². The molecule has 0 spiro atoms. The fourth-order valence-corrected chi connectivity index (χ4v) is 3.13. The maximum Gasteiger partial charge on any atom is 0.408 e. The Bertz CT molecular complexity index is 411. The van der Waals surface area contributed by atoms with E-state index in [-0.39, 0.29) is 5.91 Å². The summed E-state index contributed by atoms with van der Waals surface area (Å²) >= 11 is 0. The van der Waals surface area contributed by atoms with Crippen LogP contribution in [0.4, 0.5) is 4.79 Å². The molecule has 114 valence electrons. The van der Waals surface area contributed by atoms with Gasteiger partial charge in [-0.2, -0.15) is 0 Å². The number of fused-ring (bicyclic) bond motifs is 1. The summed E-state index contributed by atoms with van der Waals surface area (Å²) in [6.45, 7) is 13.3. The number of hydrogen-bond donors (Lipinski definition) is 1. The van der Waals surface area contributed by atoms with Gasteiger partial charge in [-0.15, -0.1) is 0 Å². The van der Waals surface area contributed by atoms with Crippen LogP contribution in [0, 0.1) is 17.3 Å². The predicted molar refractivity (Wildman–Crippen MR) is 76.2 cm³/mol. The molecule has 0 radical (unpaired) electrons. The molecule has 0 aromatic carbocycles. The second-order valence-electron chi connectivity index (χ2n) is 7.65. The van der Waals surface area contributed by atoms with Gasteiger partial charge in [0.15, 0.2) is 0 Å². The van der Waals surface area contributed by atoms with E-state index >= 15 is 0 Å². The lowest BCUT2D eigenvalue weighted by Crippen LogP contribution is -2.48. The second-order valence-corrected chi connectivity index (χ2v) is 7.65. The number of carbonyl (C=O) groups excluding carboxylic acids is 2. The van der Waals surface area contributed by atoms with Gasteiger partial charge in [-0.1, -0.05) is 13.8 Å². The largest absolute Gasteiger partial charge is 0.444 e. The molecule has 5 heteroatoms. The lowest BCUT2D eigenvalue weighted by molar-refractivity contribution is -0.132. The third kappa shape index (κ3) is 2.91. The van der Waals surface area contributed by atoms with Crippen molar-refractivity contribution in [3.05, 3.63) is 0 Å². The van der Waals surface area contributed by atoms with Gasteiger partial charge in [0.25, 0.3) is 0 Å². The molecule has 0 aromatic heterocycles. The minimum atomic E-state index is -0.549. The number of likely N-dealkylation sites (tertiary alicyclic amines) is 1. The highest BCUT2D eigenvalue weighted by Crippen LogP contribution is 2.61. The van der Waals surface area contributed by atoms with E-state index in [9.17, 15) is 9.59 Å². The van der Waals surface area contributed by atoms with Crippen LogP contribution in [-0.2, 0) is 9.53 Å². The van der Waals surface area contributed by atoms with Gasteiger partial charge in [-0.05, 0) is 44.9 Å². The van der Waals surface area contributed by atoms with Crippen LogP contribution in [0.5, 0.6) is 0 Å². The number of hydrogen-bond acceptors (Lipinski definition) is 3. The Kier molecular flexibility index (Phi) is 3.51. The van der Waals surface area contributed by atoms with Crippen molar-refractivity contribution in [1.82, 2.24) is 10.2 Å². The predicted octanol–water partition coefficient (Wildman–Crippen LogP) is 2.01. The molecule has 1 heterocycles. The quantitative estimate of drug-likeness (QED) is 0.843. The first-order valence-electron chi connectivity index (χ1n) is 7.30. The molecule has 1 N–H and O–H groups in total. The molecule has 1 saturated heterocycles. The van der Waals surface area contributed by atoms with Gasteiger partial charge in [-0.3, -0.25) is 4.79 Å². The van der Waals surface area contributed by atoms with E-state index in [2.05, 4.69) is 19.2 Å². The SMILES string of the molecule is C[C@@H](NC(=O)OC(C)(C)C)C(=O)N1CC2C(C1)C2(C)C. The molecule has 5 nitrogen and oxygen atoms in total. The van der Waals surface area contributed by atoms with Crippen molar-refractivity contribution < 1.29 is 14.3 Å². The number of rotatable bonds is 2. The van der Waals surface area contributed by atoms with Gasteiger partial charge >= 0.3 is 6.09 Å². The monoisotopic (exact) mass is 282 g/mol. The van der Waals surface area contributed by atoms with Gasteiger partial charge in [0.2, 0.25) is 5.91 Å². The van der Waals surface area contributed by atoms with E-state index in [1.807, 2.05) is 4.90 Å². The molecule has 20 heavy (non-hydrogen) atoms. The van der Waals surface area contributed by atoms with Crippen LogP contribution in [0.15, 0.2) is 0 Å². The number of ether oxygens (including phenoxy) is 1. The molecular formula is C15H26N2O3. The number of alkyl carbamates (subject to hydrolysis) is 1. The first-order chi connectivity index (χ1) is 9.02. The van der Waals surface area contributed by atoms with Gasteiger partial charge < -0.3 is 15.0 Å². The highest BCUT2D eigenvalue weighted by molar-refractivity contribution is 5.85. The molecule has 2 fully saturated rings. The van der Waals surface area contributed by atoms with Crippen LogP contribution in [0.1, 0.15) is 41.5 Å². The highest BCUT2D eigenvalue weighted by Gasteiger charge is 2.62. The Morgan fingerprint density at radius 1 is 1.25 bits per heavy atom. The van der Waals surface area contributed by atoms with Crippen molar-refractivity contribution in [2.75, 3.05) is 13.1 Å². The van der Waals surface area contributed by atoms with Crippen LogP contribution < -0.4 is 5.32 Å². The normalized spacial score (nSPS) is 28.6. The average molecular weight is 282 g/mol. The Morgan fingerprint density at radius 3 is 2.20 bits per heavy atom. The smallest absolute Gasteiger partial charge is 0.408 e. The number of nitrogens with one attached hydrogen (secondary N) is 1. The molecule has 1 aliphatic carbocycles. The molecule has 2 amide bonds. The average Bonchev–Trinajstić information content (AvgIpc) is 2.65. The molecule has 0 bridgehead atoms. The number of carbonyl (C=O) groups is 2. The summed E-state index contributed by atoms with van der Waals surface area (Å²) in [6, 6.07) is -0.537. The third-order valence-electron chi connectivity index (χ3n) is 4.54. The molecule has 3 atom stereocenters. The summed E-state index contributed by atoms with van der Waals surface area (Å²) in [5.74, 6) is 1.24. The molecule has 1 aliphatic heterocycles. The zero-order chi connectivity index (χ0) is 15.3. The lowest BCUT2D eigenvalue weighted by Gasteiger charge is -2.26. The van der Waals surface area contributed by atoms with Gasteiger partial charge in [0.1, 0.15) is 11.6 Å². The minimum Gasteiger partial charge on any atom is -0.444 e. The van der Waals surface area contributed by atoms with Crippen molar-refractivity contribution in [2.45, 2.75) is 53.2 Å². The summed E-state index contributed by atoms with van der Waals surface area (Å²) in [5.41, 5.74) is -0.162. The van der Waals surface area contributed by atoms with E-state index in [1.54, 1.807) is 27.7 Å². The maximum atomic E-state index is 12.3. The second kappa shape index (κ2) is 4.64. The zero-order valence-electron chi connectivity index (χ0n) is 13.3. The van der Waals surface area contributed by atoms with Crippen molar-refractivity contribution in [3.8, 4) is 0 Å². The molecular weight excluding hydrogens is 256 g/mol. The van der Waals surface area contributed by atoms with Crippen molar-refractivity contribution in [2.24, 2.45) is 17.3 Å². The topological polar surface area (TPSA) is 58.6 Å². The fraction of sp³-hybridized carbons (Fsp3) is 0.867.